The second-order valence-electron chi connectivity index (χ2n) is 8.42. The molecule has 0 spiro atoms. The van der Waals surface area contributed by atoms with Crippen LogP contribution in [-0.4, -0.2) is 37.5 Å². The van der Waals surface area contributed by atoms with E-state index in [-0.39, 0.29) is 22.1 Å². The first-order chi connectivity index (χ1) is 13.9. The van der Waals surface area contributed by atoms with Crippen molar-refractivity contribution in [3.05, 3.63) is 37.6 Å². The zero-order valence-corrected chi connectivity index (χ0v) is 18.9. The second-order valence-corrected chi connectivity index (χ2v) is 10.9. The number of rotatable bonds is 7. The maximum atomic E-state index is 12.5. The van der Waals surface area contributed by atoms with Crippen molar-refractivity contribution in [1.82, 2.24) is 4.31 Å². The van der Waals surface area contributed by atoms with Gasteiger partial charge in [0.05, 0.1) is 10.7 Å². The van der Waals surface area contributed by atoms with E-state index >= 15 is 0 Å². The minimum Gasteiger partial charge on any atom is -0.504 e. The molecule has 0 aliphatic heterocycles. The molecule has 0 radical (unpaired) electrons. The van der Waals surface area contributed by atoms with E-state index in [1.807, 2.05) is 13.8 Å². The fraction of sp³-hybridized carbons (Fsp3) is 0.500. The van der Waals surface area contributed by atoms with Crippen molar-refractivity contribution in [2.75, 3.05) is 24.7 Å². The van der Waals surface area contributed by atoms with Crippen LogP contribution in [0.15, 0.2) is 26.6 Å². The summed E-state index contributed by atoms with van der Waals surface area (Å²) in [7, 11) is -1.41. The Bertz CT molecular complexity index is 1140. The van der Waals surface area contributed by atoms with Gasteiger partial charge in [-0.1, -0.05) is 24.4 Å². The Balaban J connectivity index is 1.96. The molecule has 30 heavy (non-hydrogen) atoms. The van der Waals surface area contributed by atoms with E-state index in [1.54, 1.807) is 0 Å². The minimum absolute atomic E-state index is 0.00287. The Morgan fingerprint density at radius 3 is 2.23 bits per heavy atom. The monoisotopic (exact) mass is 455 g/mol. The maximum absolute atomic E-state index is 12.5. The van der Waals surface area contributed by atoms with E-state index in [9.17, 15) is 23.1 Å². The second kappa shape index (κ2) is 7.86. The van der Waals surface area contributed by atoms with Crippen molar-refractivity contribution in [3.8, 4) is 5.75 Å². The normalized spacial score (nSPS) is 15.8. The molecule has 0 atom stereocenters. The third-order valence-corrected chi connectivity index (χ3v) is 8.13. The quantitative estimate of drug-likeness (QED) is 0.434. The zero-order chi connectivity index (χ0) is 22.4. The van der Waals surface area contributed by atoms with Gasteiger partial charge in [-0.2, -0.15) is 0 Å². The first-order valence-corrected chi connectivity index (χ1v) is 11.5. The van der Waals surface area contributed by atoms with Crippen molar-refractivity contribution < 1.29 is 13.5 Å². The smallest absolute Gasteiger partial charge is 0.253 e. The molecule has 1 fully saturated rings. The van der Waals surface area contributed by atoms with E-state index in [1.165, 1.54) is 26.2 Å². The average Bonchev–Trinajstić information content (AvgIpc) is 3.21. The lowest BCUT2D eigenvalue weighted by atomic mass is 9.85. The molecule has 164 valence electrons. The summed E-state index contributed by atoms with van der Waals surface area (Å²) < 4.78 is 26.0. The lowest BCUT2D eigenvalue weighted by Crippen LogP contribution is -2.45. The Morgan fingerprint density at radius 1 is 1.10 bits per heavy atom. The van der Waals surface area contributed by atoms with E-state index in [2.05, 4.69) is 10.6 Å². The first-order valence-electron chi connectivity index (χ1n) is 9.70. The summed E-state index contributed by atoms with van der Waals surface area (Å²) in [5.74, 6) is -0.249. The van der Waals surface area contributed by atoms with Crippen molar-refractivity contribution >= 4 is 38.7 Å². The summed E-state index contributed by atoms with van der Waals surface area (Å²) in [6.45, 7) is 3.98. The van der Waals surface area contributed by atoms with Gasteiger partial charge in [0.1, 0.15) is 16.3 Å². The highest BCUT2D eigenvalue weighted by Crippen LogP contribution is 2.40. The SMILES string of the molecule is CN(C)S(=O)(=O)c1c(Cl)ccc(Nc2c(NC(C)(C)C3CCCC3)c(=O)c2=O)c1O. The summed E-state index contributed by atoms with van der Waals surface area (Å²) in [6.07, 6.45) is 4.35. The highest BCUT2D eigenvalue weighted by molar-refractivity contribution is 7.89. The van der Waals surface area contributed by atoms with E-state index in [4.69, 9.17) is 11.6 Å². The van der Waals surface area contributed by atoms with Crippen LogP contribution in [0.3, 0.4) is 0 Å². The molecule has 2 aromatic carbocycles. The molecule has 1 aliphatic rings. The molecular weight excluding hydrogens is 430 g/mol. The fourth-order valence-electron chi connectivity index (χ4n) is 3.91. The third kappa shape index (κ3) is 3.81. The molecule has 0 saturated heterocycles. The van der Waals surface area contributed by atoms with Gasteiger partial charge in [-0.05, 0) is 44.7 Å². The van der Waals surface area contributed by atoms with E-state index in [0.717, 1.165) is 30.0 Å². The largest absolute Gasteiger partial charge is 0.504 e. The van der Waals surface area contributed by atoms with Crippen LogP contribution in [0, 0.1) is 5.92 Å². The number of hydrogen-bond acceptors (Lipinski definition) is 7. The molecule has 2 aromatic rings. The zero-order valence-electron chi connectivity index (χ0n) is 17.4. The maximum Gasteiger partial charge on any atom is 0.253 e. The number of nitrogens with one attached hydrogen (secondary N) is 2. The number of aromatic hydroxyl groups is 1. The highest BCUT2D eigenvalue weighted by atomic mass is 35.5. The highest BCUT2D eigenvalue weighted by Gasteiger charge is 2.35. The third-order valence-electron chi connectivity index (χ3n) is 5.82. The molecule has 8 nitrogen and oxygen atoms in total. The summed E-state index contributed by atoms with van der Waals surface area (Å²) in [5.41, 5.74) is -1.66. The summed E-state index contributed by atoms with van der Waals surface area (Å²) in [5, 5.41) is 16.3. The molecular formula is C20H26ClN3O5S. The van der Waals surface area contributed by atoms with Crippen LogP contribution < -0.4 is 21.5 Å². The van der Waals surface area contributed by atoms with Crippen LogP contribution in [0.2, 0.25) is 5.02 Å². The number of phenolic OH excluding ortho intramolecular Hbond substituents is 1. The van der Waals surface area contributed by atoms with Gasteiger partial charge in [-0.25, -0.2) is 12.7 Å². The molecule has 0 amide bonds. The molecule has 3 rings (SSSR count). The van der Waals surface area contributed by atoms with Crippen LogP contribution in [0.1, 0.15) is 39.5 Å². The molecule has 0 aromatic heterocycles. The van der Waals surface area contributed by atoms with Crippen LogP contribution in [0.4, 0.5) is 17.1 Å². The number of anilines is 3. The number of halogens is 1. The Labute approximate surface area is 180 Å². The van der Waals surface area contributed by atoms with Gasteiger partial charge in [0.2, 0.25) is 10.0 Å². The van der Waals surface area contributed by atoms with Crippen LogP contribution in [0.5, 0.6) is 5.75 Å². The molecule has 1 saturated carbocycles. The van der Waals surface area contributed by atoms with Crippen molar-refractivity contribution in [2.45, 2.75) is 50.0 Å². The Morgan fingerprint density at radius 2 is 1.67 bits per heavy atom. The number of phenols is 1. The van der Waals surface area contributed by atoms with Crippen LogP contribution >= 0.6 is 11.6 Å². The topological polar surface area (TPSA) is 116 Å². The Kier molecular flexibility index (Phi) is 5.92. The van der Waals surface area contributed by atoms with Crippen LogP contribution in [0.25, 0.3) is 0 Å². The summed E-state index contributed by atoms with van der Waals surface area (Å²) in [6, 6.07) is 2.66. The minimum atomic E-state index is -4.04. The average molecular weight is 456 g/mol. The lowest BCUT2D eigenvalue weighted by molar-refractivity contribution is 0.356. The fourth-order valence-corrected chi connectivity index (χ4v) is 5.39. The van der Waals surface area contributed by atoms with Gasteiger partial charge >= 0.3 is 0 Å². The van der Waals surface area contributed by atoms with Gasteiger partial charge in [0.15, 0.2) is 5.75 Å². The molecule has 0 bridgehead atoms. The van der Waals surface area contributed by atoms with Gasteiger partial charge in [0, 0.05) is 19.6 Å². The summed E-state index contributed by atoms with van der Waals surface area (Å²) in [4.78, 5) is 23.9. The predicted molar refractivity (Wildman–Crippen MR) is 118 cm³/mol. The molecule has 0 unspecified atom stereocenters. The van der Waals surface area contributed by atoms with Crippen molar-refractivity contribution in [1.29, 1.82) is 0 Å². The van der Waals surface area contributed by atoms with Gasteiger partial charge in [-0.15, -0.1) is 0 Å². The van der Waals surface area contributed by atoms with Gasteiger partial charge in [-0.3, -0.25) is 9.59 Å². The molecule has 1 aliphatic carbocycles. The molecule has 0 heterocycles. The summed E-state index contributed by atoms with van der Waals surface area (Å²) >= 11 is 6.02. The molecule has 3 N–H and O–H groups in total. The number of sulfonamides is 1. The Hall–Kier alpha value is -2.10. The lowest BCUT2D eigenvalue weighted by Gasteiger charge is -2.34. The number of hydrogen-bond donors (Lipinski definition) is 3. The molecule has 10 heteroatoms. The van der Waals surface area contributed by atoms with Crippen molar-refractivity contribution in [2.24, 2.45) is 5.92 Å². The van der Waals surface area contributed by atoms with Crippen molar-refractivity contribution in [3.63, 3.8) is 0 Å². The van der Waals surface area contributed by atoms with Gasteiger partial charge in [0.25, 0.3) is 10.9 Å². The van der Waals surface area contributed by atoms with E-state index < -0.39 is 37.1 Å². The van der Waals surface area contributed by atoms with E-state index in [0.29, 0.717) is 5.92 Å². The van der Waals surface area contributed by atoms with Gasteiger partial charge < -0.3 is 15.7 Å². The number of benzene rings is 1. The van der Waals surface area contributed by atoms with Crippen LogP contribution in [-0.2, 0) is 10.0 Å². The standard InChI is InChI=1S/C20H26ClN3O5S/c1-20(2,11-7-5-6-8-11)23-15-14(17(26)18(15)27)22-13-10-9-12(21)19(16(13)25)30(28,29)24(3)4/h9-11,22-23,25H,5-8H2,1-4H3. The predicted octanol–water partition coefficient (Wildman–Crippen LogP) is 3.02. The number of nitrogens with zero attached hydrogens (tertiary/aromatic N) is 1. The first kappa shape index (κ1) is 22.6.